The van der Waals surface area contributed by atoms with Crippen LogP contribution in [0.5, 0.6) is 0 Å². The lowest BCUT2D eigenvalue weighted by Gasteiger charge is -2.18. The molecule has 1 atom stereocenters. The van der Waals surface area contributed by atoms with Gasteiger partial charge in [0.05, 0.1) is 11.5 Å². The fourth-order valence-corrected chi connectivity index (χ4v) is 3.66. The van der Waals surface area contributed by atoms with Crippen LogP contribution >= 0.6 is 0 Å². The number of carbonyl (C=O) groups excluding carboxylic acids is 3. The van der Waals surface area contributed by atoms with Crippen LogP contribution in [-0.4, -0.2) is 24.3 Å². The molecule has 2 N–H and O–H groups in total. The Bertz CT molecular complexity index is 1040. The largest absolute Gasteiger partial charge is 0.416 e. The molecule has 0 bridgehead atoms. The minimum atomic E-state index is -4.52. The molecule has 1 saturated heterocycles. The van der Waals surface area contributed by atoms with E-state index in [1.54, 1.807) is 24.3 Å². The van der Waals surface area contributed by atoms with Gasteiger partial charge in [-0.05, 0) is 41.8 Å². The summed E-state index contributed by atoms with van der Waals surface area (Å²) in [5.41, 5.74) is 0.667. The second kappa shape index (κ2) is 10.1. The molecule has 0 aliphatic carbocycles. The quantitative estimate of drug-likeness (QED) is 0.643. The van der Waals surface area contributed by atoms with Crippen molar-refractivity contribution in [2.24, 2.45) is 11.8 Å². The predicted octanol–water partition coefficient (Wildman–Crippen LogP) is 4.36. The lowest BCUT2D eigenvalue weighted by Crippen LogP contribution is -2.32. The number of nitrogens with one attached hydrogen (secondary N) is 2. The highest BCUT2D eigenvalue weighted by atomic mass is 19.4. The van der Waals surface area contributed by atoms with Crippen molar-refractivity contribution in [2.45, 2.75) is 39.4 Å². The van der Waals surface area contributed by atoms with Crippen LogP contribution in [0.3, 0.4) is 0 Å². The molecule has 1 fully saturated rings. The smallest absolute Gasteiger partial charge is 0.352 e. The van der Waals surface area contributed by atoms with Crippen molar-refractivity contribution >= 4 is 29.1 Å². The minimum absolute atomic E-state index is 0.0112. The zero-order valence-corrected chi connectivity index (χ0v) is 18.4. The molecule has 33 heavy (non-hydrogen) atoms. The monoisotopic (exact) mass is 461 g/mol. The van der Waals surface area contributed by atoms with Gasteiger partial charge in [-0.15, -0.1) is 0 Å². The third-order valence-corrected chi connectivity index (χ3v) is 5.25. The van der Waals surface area contributed by atoms with Crippen molar-refractivity contribution in [1.29, 1.82) is 0 Å². The van der Waals surface area contributed by atoms with Crippen molar-refractivity contribution in [3.05, 3.63) is 59.7 Å². The lowest BCUT2D eigenvalue weighted by atomic mass is 10.1. The van der Waals surface area contributed by atoms with Crippen molar-refractivity contribution in [3.8, 4) is 0 Å². The summed E-state index contributed by atoms with van der Waals surface area (Å²) in [6.45, 7) is 4.11. The molecule has 2 aromatic carbocycles. The van der Waals surface area contributed by atoms with Crippen molar-refractivity contribution < 1.29 is 27.6 Å². The van der Waals surface area contributed by atoms with Crippen LogP contribution in [0.4, 0.5) is 24.5 Å². The van der Waals surface area contributed by atoms with E-state index in [0.717, 1.165) is 17.7 Å². The van der Waals surface area contributed by atoms with Gasteiger partial charge in [0.15, 0.2) is 0 Å². The van der Waals surface area contributed by atoms with Crippen LogP contribution in [0.15, 0.2) is 48.5 Å². The van der Waals surface area contributed by atoms with Crippen LogP contribution in [0.2, 0.25) is 0 Å². The Morgan fingerprint density at radius 1 is 1.12 bits per heavy atom. The number of anilines is 2. The summed E-state index contributed by atoms with van der Waals surface area (Å²) in [6.07, 6.45) is -4.19. The van der Waals surface area contributed by atoms with Crippen LogP contribution in [-0.2, 0) is 27.1 Å². The molecule has 6 nitrogen and oxygen atoms in total. The van der Waals surface area contributed by atoms with Gasteiger partial charge in [-0.3, -0.25) is 14.4 Å². The fourth-order valence-electron chi connectivity index (χ4n) is 3.66. The molecular weight excluding hydrogens is 435 g/mol. The molecule has 2 aromatic rings. The number of nitrogens with zero attached hydrogens (tertiary/aromatic N) is 1. The second-order valence-corrected chi connectivity index (χ2v) is 8.52. The van der Waals surface area contributed by atoms with Gasteiger partial charge in [-0.1, -0.05) is 32.0 Å². The van der Waals surface area contributed by atoms with E-state index in [9.17, 15) is 27.6 Å². The number of benzene rings is 2. The SMILES string of the molecule is CC(C)CC(=O)Nc1cccc(CNC(=O)C2CC(=O)N(c3cccc(C(F)(F)F)c3)C2)c1. The van der Waals surface area contributed by atoms with Gasteiger partial charge >= 0.3 is 6.18 Å². The van der Waals surface area contributed by atoms with Gasteiger partial charge in [0.1, 0.15) is 0 Å². The van der Waals surface area contributed by atoms with E-state index in [1.807, 2.05) is 13.8 Å². The second-order valence-electron chi connectivity index (χ2n) is 8.52. The third kappa shape index (κ3) is 6.57. The number of carbonyl (C=O) groups is 3. The highest BCUT2D eigenvalue weighted by Gasteiger charge is 2.36. The molecule has 1 aliphatic heterocycles. The van der Waals surface area contributed by atoms with Crippen LogP contribution < -0.4 is 15.5 Å². The topological polar surface area (TPSA) is 78.5 Å². The van der Waals surface area contributed by atoms with Crippen LogP contribution in [0.25, 0.3) is 0 Å². The first-order valence-corrected chi connectivity index (χ1v) is 10.7. The Morgan fingerprint density at radius 3 is 2.55 bits per heavy atom. The summed E-state index contributed by atoms with van der Waals surface area (Å²) in [5, 5.41) is 5.59. The third-order valence-electron chi connectivity index (χ3n) is 5.25. The summed E-state index contributed by atoms with van der Waals surface area (Å²) >= 11 is 0. The Morgan fingerprint density at radius 2 is 1.85 bits per heavy atom. The highest BCUT2D eigenvalue weighted by molar-refractivity contribution is 6.00. The molecule has 0 aromatic heterocycles. The molecule has 9 heteroatoms. The maximum atomic E-state index is 13.0. The average molecular weight is 461 g/mol. The molecule has 3 amide bonds. The van der Waals surface area contributed by atoms with Gasteiger partial charge in [0.25, 0.3) is 0 Å². The summed E-state index contributed by atoms with van der Waals surface area (Å²) in [5.74, 6) is -1.28. The van der Waals surface area contributed by atoms with Crippen molar-refractivity contribution in [3.63, 3.8) is 0 Å². The summed E-state index contributed by atoms with van der Waals surface area (Å²) in [6, 6.07) is 11.6. The molecule has 1 heterocycles. The normalized spacial score (nSPS) is 16.2. The van der Waals surface area contributed by atoms with Gasteiger partial charge in [0.2, 0.25) is 17.7 Å². The Hall–Kier alpha value is -3.36. The van der Waals surface area contributed by atoms with Gasteiger partial charge in [0, 0.05) is 37.3 Å². The maximum absolute atomic E-state index is 13.0. The van der Waals surface area contributed by atoms with E-state index in [-0.39, 0.29) is 42.9 Å². The molecule has 1 aliphatic rings. The highest BCUT2D eigenvalue weighted by Crippen LogP contribution is 2.33. The Kier molecular flexibility index (Phi) is 7.40. The number of rotatable bonds is 7. The number of hydrogen-bond acceptors (Lipinski definition) is 3. The zero-order valence-electron chi connectivity index (χ0n) is 18.4. The maximum Gasteiger partial charge on any atom is 0.416 e. The minimum Gasteiger partial charge on any atom is -0.352 e. The Balaban J connectivity index is 1.58. The molecule has 3 rings (SSSR count). The first kappa shape index (κ1) is 24.3. The van der Waals surface area contributed by atoms with E-state index in [2.05, 4.69) is 10.6 Å². The lowest BCUT2D eigenvalue weighted by molar-refractivity contribution is -0.137. The number of amides is 3. The Labute approximate surface area is 190 Å². The first-order chi connectivity index (χ1) is 15.5. The summed E-state index contributed by atoms with van der Waals surface area (Å²) < 4.78 is 38.9. The van der Waals surface area contributed by atoms with E-state index in [0.29, 0.717) is 12.1 Å². The number of hydrogen-bond donors (Lipinski definition) is 2. The summed E-state index contributed by atoms with van der Waals surface area (Å²) in [7, 11) is 0. The average Bonchev–Trinajstić information content (AvgIpc) is 3.13. The molecule has 176 valence electrons. The standard InChI is InChI=1S/C24H26F3N3O3/c1-15(2)9-21(31)29-19-7-3-5-16(10-19)13-28-23(33)17-11-22(32)30(14-17)20-8-4-6-18(12-20)24(25,26)27/h3-8,10,12,15,17H,9,11,13-14H2,1-2H3,(H,28,33)(H,29,31). The number of alkyl halides is 3. The van der Waals surface area contributed by atoms with Gasteiger partial charge < -0.3 is 15.5 Å². The first-order valence-electron chi connectivity index (χ1n) is 10.7. The molecule has 0 saturated carbocycles. The van der Waals surface area contributed by atoms with E-state index >= 15 is 0 Å². The van der Waals surface area contributed by atoms with Gasteiger partial charge in [-0.25, -0.2) is 0 Å². The summed E-state index contributed by atoms with van der Waals surface area (Å²) in [4.78, 5) is 38.1. The molecule has 0 spiro atoms. The number of halogens is 3. The molecular formula is C24H26F3N3O3. The van der Waals surface area contributed by atoms with E-state index < -0.39 is 23.6 Å². The molecule has 1 unspecified atom stereocenters. The molecule has 0 radical (unpaired) electrons. The van der Waals surface area contributed by atoms with E-state index in [1.165, 1.54) is 17.0 Å². The fraction of sp³-hybridized carbons (Fsp3) is 0.375. The van der Waals surface area contributed by atoms with E-state index in [4.69, 9.17) is 0 Å². The van der Waals surface area contributed by atoms with Crippen molar-refractivity contribution in [2.75, 3.05) is 16.8 Å². The predicted molar refractivity (Wildman–Crippen MR) is 118 cm³/mol. The zero-order chi connectivity index (χ0) is 24.2. The van der Waals surface area contributed by atoms with Gasteiger partial charge in [-0.2, -0.15) is 13.2 Å². The van der Waals surface area contributed by atoms with Crippen molar-refractivity contribution in [1.82, 2.24) is 5.32 Å². The van der Waals surface area contributed by atoms with Crippen LogP contribution in [0, 0.1) is 11.8 Å². The van der Waals surface area contributed by atoms with Crippen LogP contribution in [0.1, 0.15) is 37.8 Å².